The fraction of sp³-hybridized carbons (Fsp3) is 0.318. The summed E-state index contributed by atoms with van der Waals surface area (Å²) in [5, 5.41) is 4.21. The van der Waals surface area contributed by atoms with Crippen molar-refractivity contribution >= 4 is 40.0 Å². The second-order valence-electron chi connectivity index (χ2n) is 7.54. The van der Waals surface area contributed by atoms with Crippen molar-refractivity contribution in [3.63, 3.8) is 0 Å². The Kier molecular flexibility index (Phi) is 4.80. The fourth-order valence-electron chi connectivity index (χ4n) is 3.66. The normalized spacial score (nSPS) is 21.3. The van der Waals surface area contributed by atoms with E-state index in [1.807, 2.05) is 48.7 Å². The first-order valence-corrected chi connectivity index (χ1v) is 9.97. The number of halogens is 2. The van der Waals surface area contributed by atoms with Crippen LogP contribution in [0, 0.1) is 5.41 Å². The van der Waals surface area contributed by atoms with Gasteiger partial charge in [-0.15, -0.1) is 23.2 Å². The third-order valence-electron chi connectivity index (χ3n) is 5.74. The predicted molar refractivity (Wildman–Crippen MR) is 113 cm³/mol. The molecule has 2 atom stereocenters. The number of carbonyl (C=O) groups excluding carboxylic acids is 1. The number of aromatic nitrogens is 1. The molecule has 0 bridgehead atoms. The molecule has 4 rings (SSSR count). The Morgan fingerprint density at radius 1 is 1.21 bits per heavy atom. The van der Waals surface area contributed by atoms with Gasteiger partial charge in [-0.05, 0) is 42.7 Å². The average molecular weight is 417 g/mol. The molecule has 0 saturated heterocycles. The van der Waals surface area contributed by atoms with Crippen molar-refractivity contribution in [2.75, 3.05) is 13.7 Å². The molecule has 0 spiro atoms. The van der Waals surface area contributed by atoms with Crippen molar-refractivity contribution in [2.24, 2.45) is 5.41 Å². The standard InChI is InChI=1S/C22H22Cl2N2O2/c1-21(13-22(21,23)24)20(27)26-11-17(14-7-9-15(28-2)10-8-14)18-12-25-19-6-4-3-5-16(18)19/h3-10,12,17,25H,11,13H2,1-2H3,(H,26,27). The molecule has 146 valence electrons. The predicted octanol–water partition coefficient (Wildman–Crippen LogP) is 5.01. The van der Waals surface area contributed by atoms with Gasteiger partial charge in [-0.25, -0.2) is 0 Å². The molecule has 0 aliphatic heterocycles. The number of nitrogens with one attached hydrogen (secondary N) is 2. The van der Waals surface area contributed by atoms with E-state index >= 15 is 0 Å². The van der Waals surface area contributed by atoms with Crippen LogP contribution in [0.5, 0.6) is 5.75 Å². The van der Waals surface area contributed by atoms with Crippen LogP contribution in [0.1, 0.15) is 30.4 Å². The zero-order valence-corrected chi connectivity index (χ0v) is 17.3. The van der Waals surface area contributed by atoms with Crippen LogP contribution in [0.4, 0.5) is 0 Å². The Balaban J connectivity index is 1.64. The highest BCUT2D eigenvalue weighted by molar-refractivity contribution is 6.53. The average Bonchev–Trinajstić information content (AvgIpc) is 3.03. The monoisotopic (exact) mass is 416 g/mol. The molecule has 1 heterocycles. The van der Waals surface area contributed by atoms with Crippen molar-refractivity contribution in [3.05, 3.63) is 65.9 Å². The Bertz CT molecular complexity index is 1010. The van der Waals surface area contributed by atoms with Crippen LogP contribution in [-0.2, 0) is 4.79 Å². The number of ether oxygens (including phenoxy) is 1. The largest absolute Gasteiger partial charge is 0.497 e. The van der Waals surface area contributed by atoms with Gasteiger partial charge in [-0.1, -0.05) is 30.3 Å². The number of carbonyl (C=O) groups is 1. The molecule has 1 saturated carbocycles. The van der Waals surface area contributed by atoms with Gasteiger partial charge < -0.3 is 15.0 Å². The Hall–Kier alpha value is -2.17. The lowest BCUT2D eigenvalue weighted by atomic mass is 9.90. The SMILES string of the molecule is COc1ccc(C(CNC(=O)C2(C)CC2(Cl)Cl)c2c[nH]c3ccccc23)cc1. The second kappa shape index (κ2) is 7.02. The number of hydrogen-bond acceptors (Lipinski definition) is 2. The summed E-state index contributed by atoms with van der Waals surface area (Å²) in [6.45, 7) is 2.25. The number of alkyl halides is 2. The molecule has 1 amide bonds. The van der Waals surface area contributed by atoms with Gasteiger partial charge in [0.05, 0.1) is 12.5 Å². The summed E-state index contributed by atoms with van der Waals surface area (Å²) >= 11 is 12.3. The van der Waals surface area contributed by atoms with Crippen molar-refractivity contribution in [2.45, 2.75) is 23.6 Å². The number of hydrogen-bond donors (Lipinski definition) is 2. The van der Waals surface area contributed by atoms with Crippen molar-refractivity contribution in [1.29, 1.82) is 0 Å². The molecular formula is C22H22Cl2N2O2. The summed E-state index contributed by atoms with van der Waals surface area (Å²) in [5.41, 5.74) is 2.55. The first kappa shape index (κ1) is 19.2. The van der Waals surface area contributed by atoms with Gasteiger partial charge in [0.25, 0.3) is 0 Å². The van der Waals surface area contributed by atoms with E-state index in [9.17, 15) is 4.79 Å². The maximum absolute atomic E-state index is 12.7. The highest BCUT2D eigenvalue weighted by atomic mass is 35.5. The molecule has 3 aromatic rings. The highest BCUT2D eigenvalue weighted by Gasteiger charge is 2.67. The van der Waals surface area contributed by atoms with E-state index in [2.05, 4.69) is 16.4 Å². The summed E-state index contributed by atoms with van der Waals surface area (Å²) in [6.07, 6.45) is 2.48. The number of benzene rings is 2. The third kappa shape index (κ3) is 3.25. The molecule has 2 N–H and O–H groups in total. The minimum Gasteiger partial charge on any atom is -0.497 e. The Morgan fingerprint density at radius 2 is 1.89 bits per heavy atom. The van der Waals surface area contributed by atoms with E-state index < -0.39 is 9.75 Å². The van der Waals surface area contributed by atoms with Crippen molar-refractivity contribution in [3.8, 4) is 5.75 Å². The molecule has 2 aromatic carbocycles. The summed E-state index contributed by atoms with van der Waals surface area (Å²) in [7, 11) is 1.65. The van der Waals surface area contributed by atoms with Gasteiger partial charge in [0.15, 0.2) is 0 Å². The molecule has 0 radical (unpaired) electrons. The summed E-state index contributed by atoms with van der Waals surface area (Å²) in [6, 6.07) is 16.1. The van der Waals surface area contributed by atoms with Gasteiger partial charge >= 0.3 is 0 Å². The molecular weight excluding hydrogens is 395 g/mol. The van der Waals surface area contributed by atoms with E-state index in [0.29, 0.717) is 13.0 Å². The van der Waals surface area contributed by atoms with E-state index in [1.165, 1.54) is 0 Å². The maximum Gasteiger partial charge on any atom is 0.229 e. The Morgan fingerprint density at radius 3 is 2.54 bits per heavy atom. The third-order valence-corrected chi connectivity index (χ3v) is 6.84. The van der Waals surface area contributed by atoms with E-state index in [-0.39, 0.29) is 11.8 Å². The minimum absolute atomic E-state index is 0.0200. The smallest absolute Gasteiger partial charge is 0.229 e. The molecule has 4 nitrogen and oxygen atoms in total. The fourth-order valence-corrected chi connectivity index (χ4v) is 4.37. The van der Waals surface area contributed by atoms with Crippen molar-refractivity contribution < 1.29 is 9.53 Å². The van der Waals surface area contributed by atoms with Crippen LogP contribution in [0.3, 0.4) is 0 Å². The molecule has 28 heavy (non-hydrogen) atoms. The first-order chi connectivity index (χ1) is 13.4. The number of fused-ring (bicyclic) bond motifs is 1. The van der Waals surface area contributed by atoms with Crippen LogP contribution >= 0.6 is 23.2 Å². The number of aromatic amines is 1. The molecule has 1 fully saturated rings. The van der Waals surface area contributed by atoms with E-state index in [4.69, 9.17) is 27.9 Å². The van der Waals surface area contributed by atoms with Gasteiger partial charge in [0, 0.05) is 29.6 Å². The molecule has 1 aliphatic rings. The number of H-pyrrole nitrogens is 1. The lowest BCUT2D eigenvalue weighted by Crippen LogP contribution is -2.36. The minimum atomic E-state index is -0.979. The van der Waals surface area contributed by atoms with Crippen LogP contribution < -0.4 is 10.1 Å². The number of rotatable bonds is 6. The van der Waals surface area contributed by atoms with Gasteiger partial charge in [-0.2, -0.15) is 0 Å². The zero-order valence-electron chi connectivity index (χ0n) is 15.8. The van der Waals surface area contributed by atoms with Crippen LogP contribution in [0.2, 0.25) is 0 Å². The van der Waals surface area contributed by atoms with Crippen molar-refractivity contribution in [1.82, 2.24) is 10.3 Å². The quantitative estimate of drug-likeness (QED) is 0.554. The maximum atomic E-state index is 12.7. The van der Waals surface area contributed by atoms with Gasteiger partial charge in [-0.3, -0.25) is 4.79 Å². The summed E-state index contributed by atoms with van der Waals surface area (Å²) in [4.78, 5) is 16.0. The van der Waals surface area contributed by atoms with Crippen LogP contribution in [0.15, 0.2) is 54.7 Å². The zero-order chi connectivity index (χ0) is 19.9. The summed E-state index contributed by atoms with van der Waals surface area (Å²) < 4.78 is 4.30. The molecule has 6 heteroatoms. The molecule has 1 aliphatic carbocycles. The molecule has 1 aromatic heterocycles. The second-order valence-corrected chi connectivity index (χ2v) is 9.02. The number of amides is 1. The summed E-state index contributed by atoms with van der Waals surface area (Å²) in [5.74, 6) is 0.661. The first-order valence-electron chi connectivity index (χ1n) is 9.22. The topological polar surface area (TPSA) is 54.1 Å². The van der Waals surface area contributed by atoms with E-state index in [0.717, 1.165) is 27.8 Å². The van der Waals surface area contributed by atoms with E-state index in [1.54, 1.807) is 14.0 Å². The lowest BCUT2D eigenvalue weighted by molar-refractivity contribution is -0.125. The van der Waals surface area contributed by atoms with Crippen LogP contribution in [-0.4, -0.2) is 28.9 Å². The number of methoxy groups -OCH3 is 1. The molecule has 2 unspecified atom stereocenters. The lowest BCUT2D eigenvalue weighted by Gasteiger charge is -2.20. The number of para-hydroxylation sites is 1. The van der Waals surface area contributed by atoms with Gasteiger partial charge in [0.1, 0.15) is 10.1 Å². The highest BCUT2D eigenvalue weighted by Crippen LogP contribution is 2.63. The van der Waals surface area contributed by atoms with Gasteiger partial charge in [0.2, 0.25) is 5.91 Å². The van der Waals surface area contributed by atoms with Crippen LogP contribution in [0.25, 0.3) is 10.9 Å². The Labute approximate surface area is 174 Å².